The molecule has 0 saturated carbocycles. The van der Waals surface area contributed by atoms with Gasteiger partial charge in [-0.15, -0.1) is 0 Å². The summed E-state index contributed by atoms with van der Waals surface area (Å²) in [5.74, 6) is -0.960. The van der Waals surface area contributed by atoms with Crippen molar-refractivity contribution in [3.63, 3.8) is 0 Å². The topological polar surface area (TPSA) is 91.6 Å². The zero-order chi connectivity index (χ0) is 14.8. The first-order valence-electron chi connectivity index (χ1n) is 6.60. The average Bonchev–Trinajstić information content (AvgIpc) is 2.88. The quantitative estimate of drug-likeness (QED) is 0.836. The van der Waals surface area contributed by atoms with E-state index in [9.17, 15) is 13.2 Å². The molecule has 0 aromatic carbocycles. The van der Waals surface area contributed by atoms with Crippen molar-refractivity contribution in [3.8, 4) is 0 Å². The second-order valence-electron chi connectivity index (χ2n) is 4.74. The average molecular weight is 301 g/mol. The van der Waals surface area contributed by atoms with Crippen LogP contribution in [0.3, 0.4) is 0 Å². The van der Waals surface area contributed by atoms with Gasteiger partial charge >= 0.3 is 5.97 Å². The molecular weight excluding hydrogens is 282 g/mol. The fraction of sp³-hybridized carbons (Fsp3) is 0.583. The van der Waals surface area contributed by atoms with Crippen molar-refractivity contribution in [1.29, 1.82) is 0 Å². The Labute approximate surface area is 118 Å². The predicted molar refractivity (Wildman–Crippen MR) is 73.8 cm³/mol. The Morgan fingerprint density at radius 3 is 2.65 bits per heavy atom. The summed E-state index contributed by atoms with van der Waals surface area (Å²) >= 11 is 0. The van der Waals surface area contributed by atoms with E-state index in [1.165, 1.54) is 4.31 Å². The van der Waals surface area contributed by atoms with E-state index in [2.05, 4.69) is 4.72 Å². The van der Waals surface area contributed by atoms with E-state index < -0.39 is 16.2 Å². The van der Waals surface area contributed by atoms with Crippen molar-refractivity contribution in [2.45, 2.75) is 25.8 Å². The Morgan fingerprint density at radius 1 is 1.45 bits per heavy atom. The van der Waals surface area contributed by atoms with Crippen LogP contribution in [0.5, 0.6) is 0 Å². The molecule has 1 saturated heterocycles. The fourth-order valence-electron chi connectivity index (χ4n) is 2.53. The normalized spacial score (nSPS) is 18.2. The number of nitrogens with one attached hydrogen (secondary N) is 1. The highest BCUT2D eigenvalue weighted by atomic mass is 32.2. The molecular formula is C12H19N3O4S. The minimum absolute atomic E-state index is 0.0316. The monoisotopic (exact) mass is 301 g/mol. The van der Waals surface area contributed by atoms with E-state index in [0.717, 1.165) is 0 Å². The largest absolute Gasteiger partial charge is 0.477 e. The minimum Gasteiger partial charge on any atom is -0.477 e. The zero-order valence-electron chi connectivity index (χ0n) is 11.3. The van der Waals surface area contributed by atoms with Gasteiger partial charge in [0.25, 0.3) is 10.2 Å². The number of hydrogen-bond acceptors (Lipinski definition) is 3. The SMILES string of the molecule is CCNS(=O)(=O)N1CCC(n2cccc2C(=O)O)CC1. The Hall–Kier alpha value is -1.38. The molecule has 0 bridgehead atoms. The van der Waals surface area contributed by atoms with Crippen LogP contribution in [0.15, 0.2) is 18.3 Å². The van der Waals surface area contributed by atoms with Gasteiger partial charge in [0.15, 0.2) is 0 Å². The molecule has 1 aromatic rings. The van der Waals surface area contributed by atoms with Crippen molar-refractivity contribution >= 4 is 16.2 Å². The molecule has 2 heterocycles. The lowest BCUT2D eigenvalue weighted by Crippen LogP contribution is -2.45. The highest BCUT2D eigenvalue weighted by Gasteiger charge is 2.29. The summed E-state index contributed by atoms with van der Waals surface area (Å²) in [5, 5.41) is 9.10. The zero-order valence-corrected chi connectivity index (χ0v) is 12.1. The molecule has 112 valence electrons. The maximum Gasteiger partial charge on any atom is 0.352 e. The Balaban J connectivity index is 2.05. The number of aromatic nitrogens is 1. The number of carboxylic acid groups (broad SMARTS) is 1. The highest BCUT2D eigenvalue weighted by Crippen LogP contribution is 2.25. The molecule has 0 spiro atoms. The van der Waals surface area contributed by atoms with Crippen molar-refractivity contribution in [1.82, 2.24) is 13.6 Å². The van der Waals surface area contributed by atoms with Crippen LogP contribution in [0.1, 0.15) is 36.3 Å². The number of aromatic carboxylic acids is 1. The van der Waals surface area contributed by atoms with E-state index in [-0.39, 0.29) is 11.7 Å². The summed E-state index contributed by atoms with van der Waals surface area (Å²) < 4.78 is 29.3. The van der Waals surface area contributed by atoms with Crippen molar-refractivity contribution in [3.05, 3.63) is 24.0 Å². The number of piperidine rings is 1. The van der Waals surface area contributed by atoms with Gasteiger partial charge in [0.1, 0.15) is 5.69 Å². The summed E-state index contributed by atoms with van der Waals surface area (Å²) in [7, 11) is -3.39. The first kappa shape index (κ1) is 15.0. The number of carbonyl (C=O) groups is 1. The fourth-order valence-corrected chi connectivity index (χ4v) is 3.77. The van der Waals surface area contributed by atoms with E-state index >= 15 is 0 Å². The lowest BCUT2D eigenvalue weighted by molar-refractivity contribution is 0.0680. The second-order valence-corrected chi connectivity index (χ2v) is 6.49. The smallest absolute Gasteiger partial charge is 0.352 e. The van der Waals surface area contributed by atoms with Crippen LogP contribution >= 0.6 is 0 Å². The van der Waals surface area contributed by atoms with Crippen LogP contribution in [-0.4, -0.2) is 48.0 Å². The summed E-state index contributed by atoms with van der Waals surface area (Å²) in [5.41, 5.74) is 0.248. The Bertz CT molecular complexity index is 573. The van der Waals surface area contributed by atoms with Crippen LogP contribution in [0.4, 0.5) is 0 Å². The molecule has 0 aliphatic carbocycles. The predicted octanol–water partition coefficient (Wildman–Crippen LogP) is 0.677. The van der Waals surface area contributed by atoms with E-state index in [1.54, 1.807) is 29.8 Å². The third-order valence-electron chi connectivity index (χ3n) is 3.48. The van der Waals surface area contributed by atoms with E-state index in [1.807, 2.05) is 0 Å². The van der Waals surface area contributed by atoms with Gasteiger partial charge in [-0.25, -0.2) is 9.52 Å². The molecule has 1 fully saturated rings. The molecule has 20 heavy (non-hydrogen) atoms. The van der Waals surface area contributed by atoms with Gasteiger partial charge in [0, 0.05) is 31.9 Å². The third kappa shape index (κ3) is 3.02. The van der Waals surface area contributed by atoms with Gasteiger partial charge in [-0.05, 0) is 25.0 Å². The minimum atomic E-state index is -3.39. The maximum absolute atomic E-state index is 11.9. The molecule has 1 aromatic heterocycles. The third-order valence-corrected chi connectivity index (χ3v) is 5.18. The maximum atomic E-state index is 11.9. The van der Waals surface area contributed by atoms with Crippen LogP contribution < -0.4 is 4.72 Å². The second kappa shape index (κ2) is 5.94. The molecule has 1 aliphatic heterocycles. The summed E-state index contributed by atoms with van der Waals surface area (Å²) in [6.45, 7) is 2.90. The van der Waals surface area contributed by atoms with Gasteiger partial charge in [0.2, 0.25) is 0 Å². The Kier molecular flexibility index (Phi) is 4.46. The molecule has 2 N–H and O–H groups in total. The molecule has 2 rings (SSSR count). The number of rotatable bonds is 5. The molecule has 1 aliphatic rings. The molecule has 7 nitrogen and oxygen atoms in total. The van der Waals surface area contributed by atoms with Crippen molar-refractivity contribution in [2.75, 3.05) is 19.6 Å². The van der Waals surface area contributed by atoms with Gasteiger partial charge in [-0.3, -0.25) is 0 Å². The summed E-state index contributed by atoms with van der Waals surface area (Å²) in [6, 6.07) is 3.29. The summed E-state index contributed by atoms with van der Waals surface area (Å²) in [4.78, 5) is 11.1. The number of hydrogen-bond donors (Lipinski definition) is 2. The molecule has 8 heteroatoms. The van der Waals surface area contributed by atoms with Gasteiger partial charge in [0.05, 0.1) is 0 Å². The summed E-state index contributed by atoms with van der Waals surface area (Å²) in [6.07, 6.45) is 2.96. The highest BCUT2D eigenvalue weighted by molar-refractivity contribution is 7.87. The standard InChI is InChI=1S/C12H19N3O4S/c1-2-13-20(18,19)14-8-5-10(6-9-14)15-7-3-4-11(15)12(16)17/h3-4,7,10,13H,2,5-6,8-9H2,1H3,(H,16,17). The van der Waals surface area contributed by atoms with E-state index in [0.29, 0.717) is 32.5 Å². The van der Waals surface area contributed by atoms with Crippen LogP contribution in [0.2, 0.25) is 0 Å². The first-order valence-corrected chi connectivity index (χ1v) is 8.04. The molecule has 0 amide bonds. The van der Waals surface area contributed by atoms with Gasteiger partial charge < -0.3 is 9.67 Å². The Morgan fingerprint density at radius 2 is 2.10 bits per heavy atom. The lowest BCUT2D eigenvalue weighted by atomic mass is 10.1. The number of carboxylic acids is 1. The lowest BCUT2D eigenvalue weighted by Gasteiger charge is -2.32. The number of nitrogens with zero attached hydrogens (tertiary/aromatic N) is 2. The van der Waals surface area contributed by atoms with Gasteiger partial charge in [-0.1, -0.05) is 6.92 Å². The van der Waals surface area contributed by atoms with Crippen LogP contribution in [0.25, 0.3) is 0 Å². The first-order chi connectivity index (χ1) is 9.45. The molecule has 0 radical (unpaired) electrons. The van der Waals surface area contributed by atoms with Crippen LogP contribution in [0, 0.1) is 0 Å². The van der Waals surface area contributed by atoms with E-state index in [4.69, 9.17) is 5.11 Å². The van der Waals surface area contributed by atoms with Gasteiger partial charge in [-0.2, -0.15) is 12.7 Å². The molecule has 0 atom stereocenters. The molecule has 0 unspecified atom stereocenters. The van der Waals surface area contributed by atoms with Crippen molar-refractivity contribution < 1.29 is 18.3 Å². The van der Waals surface area contributed by atoms with Crippen molar-refractivity contribution in [2.24, 2.45) is 0 Å². The van der Waals surface area contributed by atoms with Crippen LogP contribution in [-0.2, 0) is 10.2 Å².